The highest BCUT2D eigenvalue weighted by Gasteiger charge is 2.34. The summed E-state index contributed by atoms with van der Waals surface area (Å²) in [6, 6.07) is 6.33. The van der Waals surface area contributed by atoms with E-state index in [1.165, 1.54) is 12.8 Å². The summed E-state index contributed by atoms with van der Waals surface area (Å²) in [6.07, 6.45) is 3.91. The van der Waals surface area contributed by atoms with Crippen molar-refractivity contribution in [3.63, 3.8) is 0 Å². The monoisotopic (exact) mass is 209 g/mol. The molecule has 3 heteroatoms. The van der Waals surface area contributed by atoms with Gasteiger partial charge in [0.05, 0.1) is 16.8 Å². The summed E-state index contributed by atoms with van der Waals surface area (Å²) in [7, 11) is 0. The zero-order valence-electron chi connectivity index (χ0n) is 7.79. The first kappa shape index (κ1) is 8.42. The Morgan fingerprint density at radius 2 is 2.29 bits per heavy atom. The molecular weight excluding hydrogens is 198 g/mol. The number of nitrogens with one attached hydrogen (secondary N) is 1. The van der Waals surface area contributed by atoms with Gasteiger partial charge < -0.3 is 10.1 Å². The molecule has 3 rings (SSSR count). The fourth-order valence-electron chi connectivity index (χ4n) is 2.33. The van der Waals surface area contributed by atoms with E-state index in [0.717, 1.165) is 17.9 Å². The van der Waals surface area contributed by atoms with Gasteiger partial charge in [-0.2, -0.15) is 0 Å². The van der Waals surface area contributed by atoms with Crippen molar-refractivity contribution in [3.8, 4) is 5.75 Å². The molecule has 0 saturated heterocycles. The summed E-state index contributed by atoms with van der Waals surface area (Å²) in [5, 5.41) is 4.20. The molecule has 2 atom stereocenters. The van der Waals surface area contributed by atoms with E-state index in [0.29, 0.717) is 17.2 Å². The second kappa shape index (κ2) is 3.06. The zero-order valence-corrected chi connectivity index (χ0v) is 8.55. The third-order valence-electron chi connectivity index (χ3n) is 3.03. The van der Waals surface area contributed by atoms with Crippen molar-refractivity contribution in [1.29, 1.82) is 0 Å². The van der Waals surface area contributed by atoms with E-state index in [9.17, 15) is 0 Å². The SMILES string of the molecule is Clc1cccc2c1OC1CCCC1N2. The highest BCUT2D eigenvalue weighted by molar-refractivity contribution is 6.32. The third kappa shape index (κ3) is 1.17. The van der Waals surface area contributed by atoms with Crippen molar-refractivity contribution in [2.75, 3.05) is 5.32 Å². The minimum absolute atomic E-state index is 0.322. The molecule has 74 valence electrons. The van der Waals surface area contributed by atoms with Crippen LogP contribution in [0.25, 0.3) is 0 Å². The topological polar surface area (TPSA) is 21.3 Å². The van der Waals surface area contributed by atoms with E-state index in [2.05, 4.69) is 5.32 Å². The summed E-state index contributed by atoms with van der Waals surface area (Å²) in [6.45, 7) is 0. The second-order valence-corrected chi connectivity index (χ2v) is 4.36. The van der Waals surface area contributed by atoms with E-state index in [-0.39, 0.29) is 0 Å². The van der Waals surface area contributed by atoms with Gasteiger partial charge in [-0.25, -0.2) is 0 Å². The Hall–Kier alpha value is -0.890. The number of anilines is 1. The molecule has 1 fully saturated rings. The van der Waals surface area contributed by atoms with Crippen LogP contribution in [-0.4, -0.2) is 12.1 Å². The lowest BCUT2D eigenvalue weighted by Crippen LogP contribution is -2.36. The van der Waals surface area contributed by atoms with Gasteiger partial charge in [-0.15, -0.1) is 0 Å². The van der Waals surface area contributed by atoms with Crippen molar-refractivity contribution >= 4 is 17.3 Å². The quantitative estimate of drug-likeness (QED) is 0.709. The molecule has 1 N–H and O–H groups in total. The zero-order chi connectivity index (χ0) is 9.54. The number of benzene rings is 1. The maximum Gasteiger partial charge on any atom is 0.161 e. The summed E-state index contributed by atoms with van der Waals surface area (Å²) >= 11 is 6.07. The molecule has 1 aromatic carbocycles. The Kier molecular flexibility index (Phi) is 1.84. The Bertz CT molecular complexity index is 366. The van der Waals surface area contributed by atoms with Crippen LogP contribution in [0.4, 0.5) is 5.69 Å². The van der Waals surface area contributed by atoms with Gasteiger partial charge in [0.15, 0.2) is 5.75 Å². The van der Waals surface area contributed by atoms with Crippen molar-refractivity contribution in [2.24, 2.45) is 0 Å². The molecule has 0 aromatic heterocycles. The number of fused-ring (bicyclic) bond motifs is 2. The first-order valence-corrected chi connectivity index (χ1v) is 5.44. The largest absolute Gasteiger partial charge is 0.485 e. The normalized spacial score (nSPS) is 28.6. The fraction of sp³-hybridized carbons (Fsp3) is 0.455. The van der Waals surface area contributed by atoms with Crippen LogP contribution in [-0.2, 0) is 0 Å². The molecule has 1 heterocycles. The Labute approximate surface area is 88.2 Å². The smallest absolute Gasteiger partial charge is 0.161 e. The molecule has 0 amide bonds. The van der Waals surface area contributed by atoms with Crippen LogP contribution in [0.3, 0.4) is 0 Å². The number of para-hydroxylation sites is 1. The van der Waals surface area contributed by atoms with Crippen molar-refractivity contribution in [2.45, 2.75) is 31.4 Å². The van der Waals surface area contributed by atoms with Gasteiger partial charge in [-0.3, -0.25) is 0 Å². The number of hydrogen-bond acceptors (Lipinski definition) is 2. The number of hydrogen-bond donors (Lipinski definition) is 1. The van der Waals surface area contributed by atoms with E-state index < -0.39 is 0 Å². The standard InChI is InChI=1S/C11H12ClNO/c12-7-3-1-5-9-11(7)14-10-6-2-4-8(10)13-9/h1,3,5,8,10,13H,2,4,6H2. The van der Waals surface area contributed by atoms with E-state index in [1.807, 2.05) is 18.2 Å². The summed E-state index contributed by atoms with van der Waals surface area (Å²) in [5.41, 5.74) is 1.04. The van der Waals surface area contributed by atoms with E-state index in [1.54, 1.807) is 0 Å². The average molecular weight is 210 g/mol. The van der Waals surface area contributed by atoms with Gasteiger partial charge in [-0.1, -0.05) is 17.7 Å². The van der Waals surface area contributed by atoms with E-state index >= 15 is 0 Å². The maximum atomic E-state index is 6.07. The molecule has 2 aliphatic rings. The van der Waals surface area contributed by atoms with Crippen molar-refractivity contribution in [1.82, 2.24) is 0 Å². The summed E-state index contributed by atoms with van der Waals surface area (Å²) in [4.78, 5) is 0. The Morgan fingerprint density at radius 1 is 1.36 bits per heavy atom. The predicted molar refractivity (Wildman–Crippen MR) is 57.1 cm³/mol. The molecule has 14 heavy (non-hydrogen) atoms. The summed E-state index contributed by atoms with van der Waals surface area (Å²) in [5.74, 6) is 0.831. The van der Waals surface area contributed by atoms with Gasteiger partial charge in [-0.05, 0) is 31.4 Å². The van der Waals surface area contributed by atoms with Crippen LogP contribution in [0.1, 0.15) is 19.3 Å². The van der Waals surface area contributed by atoms with Gasteiger partial charge in [0, 0.05) is 0 Å². The molecule has 2 nitrogen and oxygen atoms in total. The van der Waals surface area contributed by atoms with Gasteiger partial charge in [0.25, 0.3) is 0 Å². The first-order chi connectivity index (χ1) is 6.84. The number of rotatable bonds is 0. The second-order valence-electron chi connectivity index (χ2n) is 3.95. The maximum absolute atomic E-state index is 6.07. The average Bonchev–Trinajstić information content (AvgIpc) is 2.62. The minimum Gasteiger partial charge on any atom is -0.485 e. The molecule has 0 radical (unpaired) electrons. The number of halogens is 1. The van der Waals surface area contributed by atoms with Crippen LogP contribution in [0, 0.1) is 0 Å². The molecule has 2 unspecified atom stereocenters. The lowest BCUT2D eigenvalue weighted by atomic mass is 10.1. The fourth-order valence-corrected chi connectivity index (χ4v) is 2.54. The summed E-state index contributed by atoms with van der Waals surface area (Å²) < 4.78 is 5.89. The Morgan fingerprint density at radius 3 is 3.21 bits per heavy atom. The highest BCUT2D eigenvalue weighted by atomic mass is 35.5. The van der Waals surface area contributed by atoms with E-state index in [4.69, 9.17) is 16.3 Å². The Balaban J connectivity index is 2.01. The van der Waals surface area contributed by atoms with Crippen LogP contribution >= 0.6 is 11.6 Å². The molecule has 0 spiro atoms. The van der Waals surface area contributed by atoms with Gasteiger partial charge in [0.1, 0.15) is 6.10 Å². The van der Waals surface area contributed by atoms with Crippen LogP contribution in [0.5, 0.6) is 5.75 Å². The van der Waals surface area contributed by atoms with Crippen molar-refractivity contribution < 1.29 is 4.74 Å². The van der Waals surface area contributed by atoms with Gasteiger partial charge in [0.2, 0.25) is 0 Å². The molecule has 1 aliphatic carbocycles. The first-order valence-electron chi connectivity index (χ1n) is 5.06. The molecule has 0 bridgehead atoms. The van der Waals surface area contributed by atoms with Crippen molar-refractivity contribution in [3.05, 3.63) is 23.2 Å². The molecular formula is C11H12ClNO. The highest BCUT2D eigenvalue weighted by Crippen LogP contribution is 2.41. The lowest BCUT2D eigenvalue weighted by Gasteiger charge is -2.31. The lowest BCUT2D eigenvalue weighted by molar-refractivity contribution is 0.189. The van der Waals surface area contributed by atoms with Crippen LogP contribution < -0.4 is 10.1 Å². The molecule has 1 saturated carbocycles. The molecule has 1 aliphatic heterocycles. The minimum atomic E-state index is 0.322. The third-order valence-corrected chi connectivity index (χ3v) is 3.33. The molecule has 1 aromatic rings. The predicted octanol–water partition coefficient (Wildman–Crippen LogP) is 3.07. The number of ether oxygens (including phenoxy) is 1. The van der Waals surface area contributed by atoms with Crippen LogP contribution in [0.2, 0.25) is 5.02 Å². The van der Waals surface area contributed by atoms with Gasteiger partial charge >= 0.3 is 0 Å². The van der Waals surface area contributed by atoms with Crippen LogP contribution in [0.15, 0.2) is 18.2 Å².